The number of aromatic amines is 2. The predicted octanol–water partition coefficient (Wildman–Crippen LogP) is 3.14. The number of nitrogens with one attached hydrogen (secondary N) is 3. The van der Waals surface area contributed by atoms with Crippen molar-refractivity contribution in [1.29, 1.82) is 0 Å². The lowest BCUT2D eigenvalue weighted by atomic mass is 9.91. The Morgan fingerprint density at radius 1 is 1.13 bits per heavy atom. The summed E-state index contributed by atoms with van der Waals surface area (Å²) < 4.78 is 0. The Labute approximate surface area is 179 Å². The van der Waals surface area contributed by atoms with E-state index in [4.69, 9.17) is 4.98 Å². The van der Waals surface area contributed by atoms with E-state index >= 15 is 0 Å². The minimum absolute atomic E-state index is 0.0698. The third kappa shape index (κ3) is 3.43. The van der Waals surface area contributed by atoms with Crippen molar-refractivity contribution in [2.45, 2.75) is 45.6 Å². The van der Waals surface area contributed by atoms with Crippen LogP contribution in [0.2, 0.25) is 0 Å². The maximum Gasteiger partial charge on any atom is 0.323 e. The predicted molar refractivity (Wildman–Crippen MR) is 121 cm³/mol. The summed E-state index contributed by atoms with van der Waals surface area (Å²) in [4.78, 5) is 43.5. The highest BCUT2D eigenvalue weighted by Gasteiger charge is 2.41. The van der Waals surface area contributed by atoms with E-state index in [0.717, 1.165) is 35.6 Å². The number of rotatable bonds is 3. The lowest BCUT2D eigenvalue weighted by Crippen LogP contribution is -2.45. The largest absolute Gasteiger partial charge is 0.351 e. The molecular weight excluding hydrogens is 394 g/mol. The highest BCUT2D eigenvalue weighted by molar-refractivity contribution is 6.00. The summed E-state index contributed by atoms with van der Waals surface area (Å²) in [5, 5.41) is 3.25. The van der Waals surface area contributed by atoms with Gasteiger partial charge in [-0.2, -0.15) is 4.98 Å². The number of hydrogen-bond acceptors (Lipinski definition) is 6. The number of carbonyl (C=O) groups is 1. The molecule has 1 aliphatic heterocycles. The molecule has 1 fully saturated rings. The molecule has 3 heterocycles. The Balaban J connectivity index is 1.54. The standard InChI is InChI=1S/C22H27N7O2/c1-22(2)12-29(14-6-4-5-7-14)18-17(28(3)19(22)30)11-23-20(27-18)24-13-8-9-15-16(10-13)26-21(31)25-15/h8-11,14H,4-7,12H2,1-3H3,(H,23,24,27)(H2,25,26,31). The van der Waals surface area contributed by atoms with Crippen LogP contribution < -0.4 is 20.8 Å². The van der Waals surface area contributed by atoms with Gasteiger partial charge < -0.3 is 25.1 Å². The van der Waals surface area contributed by atoms with Crippen molar-refractivity contribution < 1.29 is 4.79 Å². The molecule has 9 heteroatoms. The third-order valence-corrected chi connectivity index (χ3v) is 6.37. The van der Waals surface area contributed by atoms with Crippen molar-refractivity contribution in [1.82, 2.24) is 19.9 Å². The summed E-state index contributed by atoms with van der Waals surface area (Å²) in [5.41, 5.74) is 2.21. The van der Waals surface area contributed by atoms with E-state index in [1.165, 1.54) is 12.8 Å². The number of aromatic nitrogens is 4. The number of H-pyrrole nitrogens is 2. The number of hydrogen-bond donors (Lipinski definition) is 3. The fourth-order valence-corrected chi connectivity index (χ4v) is 4.76. The van der Waals surface area contributed by atoms with Crippen LogP contribution in [0.25, 0.3) is 11.0 Å². The summed E-state index contributed by atoms with van der Waals surface area (Å²) in [6.07, 6.45) is 6.34. The summed E-state index contributed by atoms with van der Waals surface area (Å²) in [7, 11) is 1.80. The number of benzene rings is 1. The molecule has 0 radical (unpaired) electrons. The lowest BCUT2D eigenvalue weighted by Gasteiger charge is -2.34. The van der Waals surface area contributed by atoms with Gasteiger partial charge in [0.1, 0.15) is 5.69 Å². The Morgan fingerprint density at radius 2 is 1.87 bits per heavy atom. The molecule has 0 spiro atoms. The van der Waals surface area contributed by atoms with Gasteiger partial charge in [-0.1, -0.05) is 12.8 Å². The number of amides is 1. The molecular formula is C22H27N7O2. The van der Waals surface area contributed by atoms with Crippen molar-refractivity contribution in [2.75, 3.05) is 28.7 Å². The molecule has 5 rings (SSSR count). The van der Waals surface area contributed by atoms with E-state index < -0.39 is 5.41 Å². The first kappa shape index (κ1) is 19.6. The van der Waals surface area contributed by atoms with Gasteiger partial charge in [0.05, 0.1) is 22.6 Å². The van der Waals surface area contributed by atoms with Crippen LogP contribution in [0.15, 0.2) is 29.2 Å². The third-order valence-electron chi connectivity index (χ3n) is 6.37. The fraction of sp³-hybridized carbons (Fsp3) is 0.455. The highest BCUT2D eigenvalue weighted by atomic mass is 16.2. The van der Waals surface area contributed by atoms with E-state index in [0.29, 0.717) is 24.1 Å². The topological polar surface area (TPSA) is 110 Å². The molecule has 1 saturated carbocycles. The number of carbonyl (C=O) groups excluding carboxylic acids is 1. The maximum absolute atomic E-state index is 13.1. The molecule has 0 atom stereocenters. The average Bonchev–Trinajstić information content (AvgIpc) is 3.38. The molecule has 31 heavy (non-hydrogen) atoms. The zero-order valence-electron chi connectivity index (χ0n) is 18.0. The molecule has 0 bridgehead atoms. The molecule has 1 aliphatic carbocycles. The lowest BCUT2D eigenvalue weighted by molar-refractivity contribution is -0.125. The van der Waals surface area contributed by atoms with E-state index in [1.807, 2.05) is 32.0 Å². The SMILES string of the molecule is CN1C(=O)C(C)(C)CN(C2CCCC2)c2nc(Nc3ccc4[nH]c(=O)[nH]c4c3)ncc21. The molecule has 162 valence electrons. The molecule has 2 aromatic heterocycles. The second-order valence-electron chi connectivity index (χ2n) is 9.18. The van der Waals surface area contributed by atoms with Crippen LogP contribution in [0, 0.1) is 5.41 Å². The van der Waals surface area contributed by atoms with Gasteiger partial charge in [-0.25, -0.2) is 9.78 Å². The number of anilines is 4. The van der Waals surface area contributed by atoms with E-state index in [2.05, 4.69) is 25.2 Å². The quantitative estimate of drug-likeness (QED) is 0.599. The minimum atomic E-state index is -0.517. The van der Waals surface area contributed by atoms with Gasteiger partial charge in [-0.3, -0.25) is 4.79 Å². The fourth-order valence-electron chi connectivity index (χ4n) is 4.76. The Hall–Kier alpha value is -3.36. The number of fused-ring (bicyclic) bond motifs is 2. The van der Waals surface area contributed by atoms with Gasteiger partial charge in [0, 0.05) is 25.3 Å². The summed E-state index contributed by atoms with van der Waals surface area (Å²) in [6, 6.07) is 5.92. The molecule has 2 aliphatic rings. The Morgan fingerprint density at radius 3 is 2.65 bits per heavy atom. The van der Waals surface area contributed by atoms with Crippen LogP contribution in [0.1, 0.15) is 39.5 Å². The zero-order chi connectivity index (χ0) is 21.8. The van der Waals surface area contributed by atoms with Gasteiger partial charge in [0.2, 0.25) is 11.9 Å². The smallest absolute Gasteiger partial charge is 0.323 e. The van der Waals surface area contributed by atoms with Gasteiger partial charge in [-0.15, -0.1) is 0 Å². The first-order chi connectivity index (χ1) is 14.8. The maximum atomic E-state index is 13.1. The Bertz CT molecular complexity index is 1210. The van der Waals surface area contributed by atoms with Crippen molar-refractivity contribution in [2.24, 2.45) is 5.41 Å². The van der Waals surface area contributed by atoms with Crippen molar-refractivity contribution >= 4 is 40.1 Å². The minimum Gasteiger partial charge on any atom is -0.351 e. The molecule has 0 unspecified atom stereocenters. The number of imidazole rings is 1. The normalized spacial score (nSPS) is 19.0. The van der Waals surface area contributed by atoms with Gasteiger partial charge in [0.15, 0.2) is 5.82 Å². The van der Waals surface area contributed by atoms with E-state index in [9.17, 15) is 9.59 Å². The zero-order valence-corrected chi connectivity index (χ0v) is 18.0. The first-order valence-electron chi connectivity index (χ1n) is 10.7. The monoisotopic (exact) mass is 421 g/mol. The molecule has 0 saturated heterocycles. The van der Waals surface area contributed by atoms with Crippen molar-refractivity contribution in [3.8, 4) is 0 Å². The second kappa shape index (κ2) is 7.11. The Kier molecular flexibility index (Phi) is 4.49. The van der Waals surface area contributed by atoms with Crippen LogP contribution in [-0.2, 0) is 4.79 Å². The van der Waals surface area contributed by atoms with Crippen LogP contribution in [0.5, 0.6) is 0 Å². The first-order valence-corrected chi connectivity index (χ1v) is 10.7. The molecule has 1 aromatic carbocycles. The van der Waals surface area contributed by atoms with Crippen LogP contribution >= 0.6 is 0 Å². The van der Waals surface area contributed by atoms with Gasteiger partial charge in [0.25, 0.3) is 0 Å². The molecule has 3 N–H and O–H groups in total. The molecule has 9 nitrogen and oxygen atoms in total. The molecule has 3 aromatic rings. The second-order valence-corrected chi connectivity index (χ2v) is 9.18. The summed E-state index contributed by atoms with van der Waals surface area (Å²) in [5.74, 6) is 1.32. The van der Waals surface area contributed by atoms with Gasteiger partial charge in [-0.05, 0) is 44.9 Å². The van der Waals surface area contributed by atoms with Crippen molar-refractivity contribution in [3.63, 3.8) is 0 Å². The van der Waals surface area contributed by atoms with E-state index in [-0.39, 0.29) is 11.6 Å². The van der Waals surface area contributed by atoms with Crippen molar-refractivity contribution in [3.05, 3.63) is 34.9 Å². The van der Waals surface area contributed by atoms with E-state index in [1.54, 1.807) is 18.1 Å². The number of nitrogens with zero attached hydrogens (tertiary/aromatic N) is 4. The van der Waals surface area contributed by atoms with Gasteiger partial charge >= 0.3 is 5.69 Å². The van der Waals surface area contributed by atoms with Crippen LogP contribution in [0.4, 0.5) is 23.1 Å². The van der Waals surface area contributed by atoms with Crippen LogP contribution in [0.3, 0.4) is 0 Å². The van der Waals surface area contributed by atoms with Crippen LogP contribution in [-0.4, -0.2) is 45.5 Å². The summed E-state index contributed by atoms with van der Waals surface area (Å²) >= 11 is 0. The average molecular weight is 422 g/mol. The molecule has 1 amide bonds. The highest BCUT2D eigenvalue weighted by Crippen LogP contribution is 2.40. The summed E-state index contributed by atoms with van der Waals surface area (Å²) in [6.45, 7) is 4.62.